The third kappa shape index (κ3) is 2.80. The minimum absolute atomic E-state index is 0.0155. The molecule has 1 aliphatic heterocycles. The Hall–Kier alpha value is -0.770. The Labute approximate surface area is 129 Å². The van der Waals surface area contributed by atoms with Gasteiger partial charge >= 0.3 is 0 Å². The van der Waals surface area contributed by atoms with Crippen LogP contribution < -0.4 is 5.32 Å². The monoisotopic (exact) mass is 312 g/mol. The van der Waals surface area contributed by atoms with Crippen molar-refractivity contribution in [2.75, 3.05) is 6.54 Å². The van der Waals surface area contributed by atoms with Gasteiger partial charge in [0.15, 0.2) is 0 Å². The summed E-state index contributed by atoms with van der Waals surface area (Å²) in [6, 6.07) is 5.98. The summed E-state index contributed by atoms with van der Waals surface area (Å²) in [5.74, 6) is 0.190. The Morgan fingerprint density at radius 2 is 2.05 bits per heavy atom. The van der Waals surface area contributed by atoms with E-state index in [1.807, 2.05) is 24.0 Å². The minimum atomic E-state index is -0.0176. The number of carbonyl (C=O) groups excluding carboxylic acids is 1. The van der Waals surface area contributed by atoms with Crippen LogP contribution in [-0.4, -0.2) is 29.4 Å². The van der Waals surface area contributed by atoms with E-state index in [-0.39, 0.29) is 18.0 Å². The summed E-state index contributed by atoms with van der Waals surface area (Å²) in [6.45, 7) is 2.80. The lowest BCUT2D eigenvalue weighted by Gasteiger charge is -2.26. The highest BCUT2D eigenvalue weighted by Crippen LogP contribution is 2.32. The molecular formula is C15H18Cl2N2O. The van der Waals surface area contributed by atoms with E-state index in [0.717, 1.165) is 18.5 Å². The second-order valence-corrected chi connectivity index (χ2v) is 6.50. The molecule has 0 radical (unpaired) electrons. The van der Waals surface area contributed by atoms with Gasteiger partial charge in [0.25, 0.3) is 0 Å². The normalized spacial score (nSPS) is 24.2. The maximum atomic E-state index is 12.5. The molecule has 20 heavy (non-hydrogen) atoms. The molecule has 0 spiro atoms. The second kappa shape index (κ2) is 5.55. The molecule has 1 heterocycles. The standard InChI is InChI=1S/C15H18Cl2N2O/c1-9(12-5-2-10(16)8-13(12)17)19-7-6-14(15(19)20)18-11-3-4-11/h2,5,8-9,11,14,18H,3-4,6-7H2,1H3. The Balaban J connectivity index is 1.73. The maximum Gasteiger partial charge on any atom is 0.240 e. The van der Waals surface area contributed by atoms with E-state index in [1.165, 1.54) is 12.8 Å². The van der Waals surface area contributed by atoms with Gasteiger partial charge in [0, 0.05) is 22.6 Å². The first kappa shape index (κ1) is 14.2. The van der Waals surface area contributed by atoms with Gasteiger partial charge in [0.1, 0.15) is 0 Å². The molecule has 2 fully saturated rings. The summed E-state index contributed by atoms with van der Waals surface area (Å²) >= 11 is 12.2. The van der Waals surface area contributed by atoms with E-state index in [9.17, 15) is 4.79 Å². The van der Waals surface area contributed by atoms with Gasteiger partial charge in [-0.05, 0) is 43.9 Å². The van der Waals surface area contributed by atoms with Crippen LogP contribution in [-0.2, 0) is 4.79 Å². The predicted octanol–water partition coefficient (Wildman–Crippen LogP) is 3.41. The Kier molecular flexibility index (Phi) is 3.93. The topological polar surface area (TPSA) is 32.3 Å². The lowest BCUT2D eigenvalue weighted by molar-refractivity contribution is -0.131. The van der Waals surface area contributed by atoms with Crippen LogP contribution in [0.3, 0.4) is 0 Å². The molecule has 1 amide bonds. The number of rotatable bonds is 4. The first-order valence-electron chi connectivity index (χ1n) is 7.07. The smallest absolute Gasteiger partial charge is 0.240 e. The SMILES string of the molecule is CC(c1ccc(Cl)cc1Cl)N1CCC(NC2CC2)C1=O. The van der Waals surface area contributed by atoms with Crippen molar-refractivity contribution in [2.24, 2.45) is 0 Å². The van der Waals surface area contributed by atoms with Crippen molar-refractivity contribution in [3.8, 4) is 0 Å². The number of halogens is 2. The number of hydrogen-bond donors (Lipinski definition) is 1. The largest absolute Gasteiger partial charge is 0.334 e. The van der Waals surface area contributed by atoms with Crippen LogP contribution in [0.25, 0.3) is 0 Å². The van der Waals surface area contributed by atoms with Gasteiger partial charge in [-0.3, -0.25) is 4.79 Å². The van der Waals surface area contributed by atoms with Crippen LogP contribution in [0.2, 0.25) is 10.0 Å². The van der Waals surface area contributed by atoms with Crippen molar-refractivity contribution in [3.05, 3.63) is 33.8 Å². The van der Waals surface area contributed by atoms with Crippen LogP contribution >= 0.6 is 23.2 Å². The summed E-state index contributed by atoms with van der Waals surface area (Å²) in [5.41, 5.74) is 0.955. The summed E-state index contributed by atoms with van der Waals surface area (Å²) in [4.78, 5) is 14.4. The van der Waals surface area contributed by atoms with Crippen molar-refractivity contribution in [1.29, 1.82) is 0 Å². The molecule has 5 heteroatoms. The van der Waals surface area contributed by atoms with Crippen LogP contribution in [0, 0.1) is 0 Å². The van der Waals surface area contributed by atoms with E-state index in [0.29, 0.717) is 16.1 Å². The van der Waals surface area contributed by atoms with Crippen molar-refractivity contribution < 1.29 is 4.79 Å². The van der Waals surface area contributed by atoms with Gasteiger partial charge in [0.2, 0.25) is 5.91 Å². The number of carbonyl (C=O) groups is 1. The van der Waals surface area contributed by atoms with Crippen molar-refractivity contribution >= 4 is 29.1 Å². The zero-order valence-electron chi connectivity index (χ0n) is 11.4. The van der Waals surface area contributed by atoms with Gasteiger partial charge in [0.05, 0.1) is 12.1 Å². The van der Waals surface area contributed by atoms with Gasteiger partial charge < -0.3 is 10.2 Å². The van der Waals surface area contributed by atoms with Crippen LogP contribution in [0.15, 0.2) is 18.2 Å². The van der Waals surface area contributed by atoms with Gasteiger partial charge in [-0.15, -0.1) is 0 Å². The number of likely N-dealkylation sites (tertiary alicyclic amines) is 1. The van der Waals surface area contributed by atoms with E-state index >= 15 is 0 Å². The molecule has 3 rings (SSSR count). The number of nitrogens with one attached hydrogen (secondary N) is 1. The molecule has 2 aliphatic rings. The molecule has 1 saturated carbocycles. The zero-order chi connectivity index (χ0) is 14.3. The van der Waals surface area contributed by atoms with E-state index in [4.69, 9.17) is 23.2 Å². The minimum Gasteiger partial charge on any atom is -0.334 e. The second-order valence-electron chi connectivity index (χ2n) is 5.66. The maximum absolute atomic E-state index is 12.5. The summed E-state index contributed by atoms with van der Waals surface area (Å²) in [7, 11) is 0. The number of hydrogen-bond acceptors (Lipinski definition) is 2. The first-order valence-corrected chi connectivity index (χ1v) is 7.83. The third-order valence-corrected chi connectivity index (χ3v) is 4.70. The molecule has 2 atom stereocenters. The Morgan fingerprint density at radius 1 is 1.30 bits per heavy atom. The number of nitrogens with zero attached hydrogens (tertiary/aromatic N) is 1. The number of benzene rings is 1. The van der Waals surface area contributed by atoms with Crippen LogP contribution in [0.1, 0.15) is 37.8 Å². The van der Waals surface area contributed by atoms with Gasteiger partial charge in [-0.25, -0.2) is 0 Å². The fourth-order valence-electron chi connectivity index (χ4n) is 2.78. The van der Waals surface area contributed by atoms with E-state index < -0.39 is 0 Å². The quantitative estimate of drug-likeness (QED) is 0.924. The lowest BCUT2D eigenvalue weighted by atomic mass is 10.1. The molecule has 1 N–H and O–H groups in total. The molecule has 3 nitrogen and oxygen atoms in total. The summed E-state index contributed by atoms with van der Waals surface area (Å²) in [5, 5.41) is 4.66. The Bertz CT molecular complexity index is 531. The number of amides is 1. The van der Waals surface area contributed by atoms with Crippen molar-refractivity contribution in [2.45, 2.75) is 44.3 Å². The predicted molar refractivity (Wildman–Crippen MR) is 81.2 cm³/mol. The molecule has 1 saturated heterocycles. The van der Waals surface area contributed by atoms with Crippen LogP contribution in [0.4, 0.5) is 0 Å². The van der Waals surface area contributed by atoms with Gasteiger partial charge in [-0.1, -0.05) is 29.3 Å². The molecule has 2 unspecified atom stereocenters. The molecule has 1 aliphatic carbocycles. The highest BCUT2D eigenvalue weighted by Gasteiger charge is 2.38. The van der Waals surface area contributed by atoms with E-state index in [1.54, 1.807) is 6.07 Å². The van der Waals surface area contributed by atoms with Crippen molar-refractivity contribution in [1.82, 2.24) is 10.2 Å². The lowest BCUT2D eigenvalue weighted by Crippen LogP contribution is -2.40. The van der Waals surface area contributed by atoms with Crippen molar-refractivity contribution in [3.63, 3.8) is 0 Å². The summed E-state index contributed by atoms with van der Waals surface area (Å²) in [6.07, 6.45) is 3.27. The molecule has 1 aromatic rings. The fraction of sp³-hybridized carbons (Fsp3) is 0.533. The van der Waals surface area contributed by atoms with Crippen LogP contribution in [0.5, 0.6) is 0 Å². The third-order valence-electron chi connectivity index (χ3n) is 4.13. The fourth-order valence-corrected chi connectivity index (χ4v) is 3.35. The highest BCUT2D eigenvalue weighted by molar-refractivity contribution is 6.35. The Morgan fingerprint density at radius 3 is 2.70 bits per heavy atom. The molecular weight excluding hydrogens is 295 g/mol. The molecule has 0 bridgehead atoms. The van der Waals surface area contributed by atoms with Gasteiger partial charge in [-0.2, -0.15) is 0 Å². The average Bonchev–Trinajstić information content (AvgIpc) is 3.14. The molecule has 1 aromatic carbocycles. The zero-order valence-corrected chi connectivity index (χ0v) is 12.9. The average molecular weight is 313 g/mol. The summed E-state index contributed by atoms with van der Waals surface area (Å²) < 4.78 is 0. The van der Waals surface area contributed by atoms with E-state index in [2.05, 4.69) is 5.32 Å². The highest BCUT2D eigenvalue weighted by atomic mass is 35.5. The molecule has 0 aromatic heterocycles. The molecule has 108 valence electrons. The first-order chi connectivity index (χ1) is 9.56.